The summed E-state index contributed by atoms with van der Waals surface area (Å²) in [5.41, 5.74) is 1.79. The van der Waals surface area contributed by atoms with Gasteiger partial charge in [-0.1, -0.05) is 41.4 Å². The molecular formula is C17H18BrN3OS. The highest BCUT2D eigenvalue weighted by molar-refractivity contribution is 9.10. The molecule has 0 spiro atoms. The molecule has 6 heteroatoms. The number of H-pyrrole nitrogens is 1. The van der Waals surface area contributed by atoms with Crippen molar-refractivity contribution in [1.82, 2.24) is 9.97 Å². The molecule has 1 aromatic carbocycles. The molecule has 120 valence electrons. The van der Waals surface area contributed by atoms with Crippen molar-refractivity contribution in [3.05, 3.63) is 45.2 Å². The van der Waals surface area contributed by atoms with Crippen LogP contribution in [0.3, 0.4) is 0 Å². The van der Waals surface area contributed by atoms with Crippen LogP contribution >= 0.6 is 27.3 Å². The van der Waals surface area contributed by atoms with Gasteiger partial charge in [0.25, 0.3) is 5.56 Å². The summed E-state index contributed by atoms with van der Waals surface area (Å²) >= 11 is 4.92. The first-order valence-electron chi connectivity index (χ1n) is 7.59. The van der Waals surface area contributed by atoms with E-state index in [0.29, 0.717) is 10.6 Å². The highest BCUT2D eigenvalue weighted by Crippen LogP contribution is 2.32. The Kier molecular flexibility index (Phi) is 4.82. The third-order valence-corrected chi connectivity index (χ3v) is 5.41. The van der Waals surface area contributed by atoms with Gasteiger partial charge in [-0.15, -0.1) is 11.3 Å². The molecule has 1 N–H and O–H groups in total. The SMILES string of the molecule is CCCCN(C)c1nc2cc(-c3ccc(Br)cc3)sc2c(=O)[nH]1. The van der Waals surface area contributed by atoms with Gasteiger partial charge in [0.05, 0.1) is 5.52 Å². The van der Waals surface area contributed by atoms with Crippen molar-refractivity contribution in [2.75, 3.05) is 18.5 Å². The van der Waals surface area contributed by atoms with Crippen LogP contribution in [0.25, 0.3) is 20.7 Å². The molecule has 0 atom stereocenters. The number of nitrogens with zero attached hydrogens (tertiary/aromatic N) is 2. The van der Waals surface area contributed by atoms with Crippen molar-refractivity contribution in [3.8, 4) is 10.4 Å². The Labute approximate surface area is 147 Å². The Morgan fingerprint density at radius 3 is 2.74 bits per heavy atom. The van der Waals surface area contributed by atoms with Gasteiger partial charge < -0.3 is 4.90 Å². The van der Waals surface area contributed by atoms with E-state index < -0.39 is 0 Å². The summed E-state index contributed by atoms with van der Waals surface area (Å²) in [4.78, 5) is 22.9. The first-order valence-corrected chi connectivity index (χ1v) is 9.20. The molecule has 0 fully saturated rings. The third-order valence-electron chi connectivity index (χ3n) is 3.71. The number of anilines is 1. The normalized spacial score (nSPS) is 11.1. The summed E-state index contributed by atoms with van der Waals surface area (Å²) in [6.07, 6.45) is 2.19. The fraction of sp³-hybridized carbons (Fsp3) is 0.294. The predicted octanol–water partition coefficient (Wildman–Crippen LogP) is 4.65. The molecule has 2 aromatic heterocycles. The highest BCUT2D eigenvalue weighted by atomic mass is 79.9. The minimum atomic E-state index is -0.0679. The summed E-state index contributed by atoms with van der Waals surface area (Å²) in [5, 5.41) is 0. The van der Waals surface area contributed by atoms with Gasteiger partial charge in [0.1, 0.15) is 4.70 Å². The second kappa shape index (κ2) is 6.84. The summed E-state index contributed by atoms with van der Waals surface area (Å²) in [6.45, 7) is 3.03. The number of nitrogens with one attached hydrogen (secondary N) is 1. The fourth-order valence-corrected chi connectivity index (χ4v) is 3.63. The Morgan fingerprint density at radius 1 is 1.30 bits per heavy atom. The number of hydrogen-bond acceptors (Lipinski definition) is 4. The van der Waals surface area contributed by atoms with Crippen LogP contribution < -0.4 is 10.5 Å². The lowest BCUT2D eigenvalue weighted by Crippen LogP contribution is -2.23. The van der Waals surface area contributed by atoms with Gasteiger partial charge in [-0.2, -0.15) is 0 Å². The van der Waals surface area contributed by atoms with Crippen LogP contribution in [0.5, 0.6) is 0 Å². The van der Waals surface area contributed by atoms with Gasteiger partial charge >= 0.3 is 0 Å². The predicted molar refractivity (Wildman–Crippen MR) is 102 cm³/mol. The molecule has 0 saturated carbocycles. The van der Waals surface area contributed by atoms with Crippen LogP contribution in [0.1, 0.15) is 19.8 Å². The Hall–Kier alpha value is -1.66. The molecule has 0 aliphatic carbocycles. The maximum absolute atomic E-state index is 12.4. The number of aromatic nitrogens is 2. The number of fused-ring (bicyclic) bond motifs is 1. The number of thiophene rings is 1. The summed E-state index contributed by atoms with van der Waals surface area (Å²) < 4.78 is 1.72. The second-order valence-electron chi connectivity index (χ2n) is 5.50. The number of rotatable bonds is 5. The maximum Gasteiger partial charge on any atom is 0.270 e. The van der Waals surface area contributed by atoms with Gasteiger partial charge in [0.15, 0.2) is 0 Å². The monoisotopic (exact) mass is 391 g/mol. The van der Waals surface area contributed by atoms with E-state index in [4.69, 9.17) is 0 Å². The van der Waals surface area contributed by atoms with Crippen LogP contribution in [-0.4, -0.2) is 23.6 Å². The second-order valence-corrected chi connectivity index (χ2v) is 7.46. The quantitative estimate of drug-likeness (QED) is 0.688. The van der Waals surface area contributed by atoms with Gasteiger partial charge in [-0.3, -0.25) is 9.78 Å². The molecule has 2 heterocycles. The lowest BCUT2D eigenvalue weighted by molar-refractivity contribution is 0.750. The number of halogens is 1. The molecule has 3 rings (SSSR count). The zero-order valence-electron chi connectivity index (χ0n) is 13.1. The van der Waals surface area contributed by atoms with Crippen LogP contribution in [0, 0.1) is 0 Å². The first kappa shape index (κ1) is 16.2. The lowest BCUT2D eigenvalue weighted by atomic mass is 10.2. The van der Waals surface area contributed by atoms with Crippen LogP contribution in [0.4, 0.5) is 5.95 Å². The van der Waals surface area contributed by atoms with E-state index in [-0.39, 0.29) is 5.56 Å². The first-order chi connectivity index (χ1) is 11.1. The molecule has 0 aliphatic heterocycles. The minimum absolute atomic E-state index is 0.0679. The molecule has 0 saturated heterocycles. The van der Waals surface area contributed by atoms with E-state index in [0.717, 1.165) is 39.8 Å². The average molecular weight is 392 g/mol. The summed E-state index contributed by atoms with van der Waals surface area (Å²) in [6, 6.07) is 10.1. The van der Waals surface area contributed by atoms with E-state index in [1.807, 2.05) is 42.3 Å². The van der Waals surface area contributed by atoms with Gasteiger partial charge in [-0.25, -0.2) is 4.98 Å². The molecule has 0 radical (unpaired) electrons. The Morgan fingerprint density at radius 2 is 2.04 bits per heavy atom. The molecule has 0 bridgehead atoms. The Bertz CT molecular complexity index is 870. The number of unbranched alkanes of at least 4 members (excludes halogenated alkanes) is 1. The zero-order chi connectivity index (χ0) is 16.4. The van der Waals surface area contributed by atoms with Crippen LogP contribution in [-0.2, 0) is 0 Å². The van der Waals surface area contributed by atoms with Crippen LogP contribution in [0.2, 0.25) is 0 Å². The molecule has 0 unspecified atom stereocenters. The van der Waals surface area contributed by atoms with Crippen molar-refractivity contribution < 1.29 is 0 Å². The standard InChI is InChI=1S/C17H18BrN3OS/c1-3-4-9-21(2)17-19-13-10-14(23-15(13)16(22)20-17)11-5-7-12(18)8-6-11/h5-8,10H,3-4,9H2,1-2H3,(H,19,20,22). The molecule has 4 nitrogen and oxygen atoms in total. The Balaban J connectivity index is 2.01. The average Bonchev–Trinajstić information content (AvgIpc) is 2.98. The number of aromatic amines is 1. The van der Waals surface area contributed by atoms with Crippen molar-refractivity contribution >= 4 is 43.4 Å². The van der Waals surface area contributed by atoms with E-state index >= 15 is 0 Å². The maximum atomic E-state index is 12.4. The smallest absolute Gasteiger partial charge is 0.270 e. The molecule has 0 aliphatic rings. The van der Waals surface area contributed by atoms with E-state index in [1.54, 1.807) is 0 Å². The topological polar surface area (TPSA) is 49.0 Å². The van der Waals surface area contributed by atoms with Gasteiger partial charge in [0, 0.05) is 22.9 Å². The summed E-state index contributed by atoms with van der Waals surface area (Å²) in [5.74, 6) is 0.635. The minimum Gasteiger partial charge on any atom is -0.345 e. The highest BCUT2D eigenvalue weighted by Gasteiger charge is 2.12. The number of benzene rings is 1. The molecule has 23 heavy (non-hydrogen) atoms. The van der Waals surface area contributed by atoms with Gasteiger partial charge in [-0.05, 0) is 30.2 Å². The van der Waals surface area contributed by atoms with Crippen molar-refractivity contribution in [3.63, 3.8) is 0 Å². The van der Waals surface area contributed by atoms with Crippen molar-refractivity contribution in [1.29, 1.82) is 0 Å². The largest absolute Gasteiger partial charge is 0.345 e. The zero-order valence-corrected chi connectivity index (χ0v) is 15.5. The summed E-state index contributed by atoms with van der Waals surface area (Å²) in [7, 11) is 1.96. The van der Waals surface area contributed by atoms with Crippen LogP contribution in [0.15, 0.2) is 39.6 Å². The van der Waals surface area contributed by atoms with Crippen molar-refractivity contribution in [2.45, 2.75) is 19.8 Å². The van der Waals surface area contributed by atoms with E-state index in [9.17, 15) is 4.79 Å². The fourth-order valence-electron chi connectivity index (χ4n) is 2.37. The third kappa shape index (κ3) is 3.48. The van der Waals surface area contributed by atoms with E-state index in [1.165, 1.54) is 11.3 Å². The van der Waals surface area contributed by atoms with E-state index in [2.05, 4.69) is 32.8 Å². The van der Waals surface area contributed by atoms with Crippen molar-refractivity contribution in [2.24, 2.45) is 0 Å². The number of hydrogen-bond donors (Lipinski definition) is 1. The molecule has 0 amide bonds. The molecular weight excluding hydrogens is 374 g/mol. The molecule has 3 aromatic rings. The lowest BCUT2D eigenvalue weighted by Gasteiger charge is -2.16. The van der Waals surface area contributed by atoms with Gasteiger partial charge in [0.2, 0.25) is 5.95 Å².